The second-order valence-electron chi connectivity index (χ2n) is 2.73. The molecule has 0 unspecified atom stereocenters. The Balaban J connectivity index is 0. The van der Waals surface area contributed by atoms with Crippen LogP contribution in [-0.2, 0) is 0 Å². The van der Waals surface area contributed by atoms with E-state index in [2.05, 4.69) is 48.5 Å². The highest BCUT2D eigenvalue weighted by atomic mass is 14.0. The van der Waals surface area contributed by atoms with E-state index in [9.17, 15) is 0 Å². The van der Waals surface area contributed by atoms with Crippen molar-refractivity contribution in [1.82, 2.24) is 0 Å². The second kappa shape index (κ2) is 9.97. The van der Waals surface area contributed by atoms with Gasteiger partial charge in [-0.15, -0.1) is 0 Å². The van der Waals surface area contributed by atoms with E-state index in [1.807, 2.05) is 26.0 Å². The van der Waals surface area contributed by atoms with Gasteiger partial charge in [0.2, 0.25) is 0 Å². The van der Waals surface area contributed by atoms with Gasteiger partial charge in [-0.05, 0) is 11.1 Å². The largest absolute Gasteiger partial charge is 0.0776 e. The Labute approximate surface area is 101 Å². The van der Waals surface area contributed by atoms with E-state index < -0.39 is 0 Å². The predicted molar refractivity (Wildman–Crippen MR) is 76.7 cm³/mol. The van der Waals surface area contributed by atoms with E-state index in [1.54, 1.807) is 0 Å². The zero-order valence-corrected chi connectivity index (χ0v) is 8.77. The van der Waals surface area contributed by atoms with Crippen molar-refractivity contribution in [3.05, 3.63) is 60.7 Å². The van der Waals surface area contributed by atoms with Crippen LogP contribution in [0.5, 0.6) is 0 Å². The van der Waals surface area contributed by atoms with Gasteiger partial charge in [-0.3, -0.25) is 0 Å². The standard InChI is InChI=1S/C12H10.C2H6.2CH4/c1-3-7-11(8-4-1)12-9-5-2-6-10-12;1-2;;/h1-10H;1-2H3;2*1H4. The lowest BCUT2D eigenvalue weighted by molar-refractivity contribution is 1.50. The van der Waals surface area contributed by atoms with Gasteiger partial charge in [-0.2, -0.15) is 0 Å². The van der Waals surface area contributed by atoms with Crippen molar-refractivity contribution in [2.75, 3.05) is 0 Å². The third-order valence-corrected chi connectivity index (χ3v) is 1.88. The first-order chi connectivity index (χ1) is 6.97. The normalized spacial score (nSPS) is 7.62. The minimum Gasteiger partial charge on any atom is -0.0776 e. The summed E-state index contributed by atoms with van der Waals surface area (Å²) in [5, 5.41) is 0. The van der Waals surface area contributed by atoms with Crippen LogP contribution in [-0.4, -0.2) is 0 Å². The monoisotopic (exact) mass is 216 g/mol. The summed E-state index contributed by atoms with van der Waals surface area (Å²) in [6, 6.07) is 20.8. The SMILES string of the molecule is C.C.CC.c1ccc(-c2ccccc2)cc1. The van der Waals surface area contributed by atoms with Gasteiger partial charge in [0.25, 0.3) is 0 Å². The third-order valence-electron chi connectivity index (χ3n) is 1.88. The fourth-order valence-electron chi connectivity index (χ4n) is 1.26. The van der Waals surface area contributed by atoms with Gasteiger partial charge >= 0.3 is 0 Å². The number of hydrogen-bond donors (Lipinski definition) is 0. The molecule has 0 nitrogen and oxygen atoms in total. The van der Waals surface area contributed by atoms with Gasteiger partial charge in [0.05, 0.1) is 0 Å². The van der Waals surface area contributed by atoms with Crippen molar-refractivity contribution in [2.24, 2.45) is 0 Å². The zero-order valence-electron chi connectivity index (χ0n) is 8.77. The Kier molecular flexibility index (Phi) is 10.5. The Morgan fingerprint density at radius 2 is 0.750 bits per heavy atom. The lowest BCUT2D eigenvalue weighted by Gasteiger charge is -1.98. The smallest absolute Gasteiger partial charge is 0.0184 e. The van der Waals surface area contributed by atoms with Crippen molar-refractivity contribution >= 4 is 0 Å². The minimum atomic E-state index is 0. The molecule has 0 fully saturated rings. The van der Waals surface area contributed by atoms with Crippen LogP contribution in [0.2, 0.25) is 0 Å². The van der Waals surface area contributed by atoms with Crippen molar-refractivity contribution in [2.45, 2.75) is 28.7 Å². The summed E-state index contributed by atoms with van der Waals surface area (Å²) >= 11 is 0. The molecule has 0 heterocycles. The van der Waals surface area contributed by atoms with E-state index in [1.165, 1.54) is 11.1 Å². The van der Waals surface area contributed by atoms with E-state index in [0.717, 1.165) is 0 Å². The van der Waals surface area contributed by atoms with Crippen molar-refractivity contribution in [1.29, 1.82) is 0 Å². The fourth-order valence-corrected chi connectivity index (χ4v) is 1.26. The highest BCUT2D eigenvalue weighted by Crippen LogP contribution is 2.17. The molecule has 16 heavy (non-hydrogen) atoms. The molecular weight excluding hydrogens is 192 g/mol. The minimum absolute atomic E-state index is 0. The van der Waals surface area contributed by atoms with Gasteiger partial charge in [0.15, 0.2) is 0 Å². The molecule has 88 valence electrons. The number of hydrogen-bond acceptors (Lipinski definition) is 0. The molecule has 0 aliphatic heterocycles. The van der Waals surface area contributed by atoms with Crippen LogP contribution in [0.15, 0.2) is 60.7 Å². The van der Waals surface area contributed by atoms with Crippen LogP contribution in [0.3, 0.4) is 0 Å². The van der Waals surface area contributed by atoms with Crippen LogP contribution in [0.25, 0.3) is 11.1 Å². The molecule has 0 bridgehead atoms. The summed E-state index contributed by atoms with van der Waals surface area (Å²) in [6.07, 6.45) is 0. The lowest BCUT2D eigenvalue weighted by atomic mass is 10.1. The van der Waals surface area contributed by atoms with Gasteiger partial charge in [0, 0.05) is 0 Å². The molecule has 0 atom stereocenters. The Morgan fingerprint density at radius 1 is 0.500 bits per heavy atom. The van der Waals surface area contributed by atoms with Crippen molar-refractivity contribution in [3.8, 4) is 11.1 Å². The maximum absolute atomic E-state index is 2.12. The molecule has 2 rings (SSSR count). The topological polar surface area (TPSA) is 0 Å². The molecule has 0 heteroatoms. The van der Waals surface area contributed by atoms with E-state index >= 15 is 0 Å². The summed E-state index contributed by atoms with van der Waals surface area (Å²) in [6.45, 7) is 4.00. The van der Waals surface area contributed by atoms with Gasteiger partial charge in [-0.1, -0.05) is 89.4 Å². The molecule has 2 aromatic carbocycles. The molecule has 0 spiro atoms. The molecule has 0 aliphatic rings. The predicted octanol–water partition coefficient (Wildman–Crippen LogP) is 5.65. The average Bonchev–Trinajstić information content (AvgIpc) is 2.34. The van der Waals surface area contributed by atoms with Crippen LogP contribution < -0.4 is 0 Å². The molecule has 0 radical (unpaired) electrons. The summed E-state index contributed by atoms with van der Waals surface area (Å²) in [7, 11) is 0. The molecule has 0 aliphatic carbocycles. The van der Waals surface area contributed by atoms with Gasteiger partial charge in [-0.25, -0.2) is 0 Å². The molecule has 0 saturated heterocycles. The first-order valence-electron chi connectivity index (χ1n) is 5.07. The second-order valence-corrected chi connectivity index (χ2v) is 2.73. The molecule has 0 amide bonds. The first-order valence-corrected chi connectivity index (χ1v) is 5.07. The van der Waals surface area contributed by atoms with Crippen molar-refractivity contribution < 1.29 is 0 Å². The van der Waals surface area contributed by atoms with Crippen LogP contribution in [0.1, 0.15) is 28.7 Å². The van der Waals surface area contributed by atoms with Gasteiger partial charge < -0.3 is 0 Å². The Bertz CT molecular complexity index is 297. The molecule has 0 aromatic heterocycles. The molecule has 2 aromatic rings. The Morgan fingerprint density at radius 3 is 1.00 bits per heavy atom. The highest BCUT2D eigenvalue weighted by Gasteiger charge is 1.91. The van der Waals surface area contributed by atoms with Crippen LogP contribution in [0, 0.1) is 0 Å². The van der Waals surface area contributed by atoms with Crippen LogP contribution in [0.4, 0.5) is 0 Å². The maximum atomic E-state index is 2.12. The highest BCUT2D eigenvalue weighted by molar-refractivity contribution is 5.62. The van der Waals surface area contributed by atoms with E-state index in [0.29, 0.717) is 0 Å². The first kappa shape index (κ1) is 16.9. The Hall–Kier alpha value is -1.56. The van der Waals surface area contributed by atoms with Crippen LogP contribution >= 0.6 is 0 Å². The third kappa shape index (κ3) is 4.79. The lowest BCUT2D eigenvalue weighted by Crippen LogP contribution is -1.73. The quantitative estimate of drug-likeness (QED) is 0.577. The number of rotatable bonds is 1. The van der Waals surface area contributed by atoms with Gasteiger partial charge in [0.1, 0.15) is 0 Å². The zero-order chi connectivity index (χ0) is 10.2. The number of benzene rings is 2. The summed E-state index contributed by atoms with van der Waals surface area (Å²) in [5.41, 5.74) is 2.55. The average molecular weight is 216 g/mol. The van der Waals surface area contributed by atoms with E-state index in [4.69, 9.17) is 0 Å². The molecule has 0 saturated carbocycles. The summed E-state index contributed by atoms with van der Waals surface area (Å²) in [5.74, 6) is 0. The van der Waals surface area contributed by atoms with Crippen molar-refractivity contribution in [3.63, 3.8) is 0 Å². The van der Waals surface area contributed by atoms with E-state index in [-0.39, 0.29) is 14.9 Å². The molecule has 0 N–H and O–H groups in total. The molecular formula is C16H24. The summed E-state index contributed by atoms with van der Waals surface area (Å²) < 4.78 is 0. The summed E-state index contributed by atoms with van der Waals surface area (Å²) in [4.78, 5) is 0. The fraction of sp³-hybridized carbons (Fsp3) is 0.250. The maximum Gasteiger partial charge on any atom is -0.0184 e.